The molecule has 0 N–H and O–H groups in total. The highest BCUT2D eigenvalue weighted by Gasteiger charge is 2.18. The second kappa shape index (κ2) is 15.4. The van der Waals surface area contributed by atoms with E-state index in [9.17, 15) is 0 Å². The second-order valence-electron chi connectivity index (χ2n) is 16.6. The van der Waals surface area contributed by atoms with E-state index in [0.29, 0.717) is 5.82 Å². The Morgan fingerprint density at radius 2 is 0.879 bits per heavy atom. The Labute approximate surface area is 379 Å². The van der Waals surface area contributed by atoms with Crippen LogP contribution in [0.5, 0.6) is 0 Å². The molecular formula is C60H36N6. The number of rotatable bonds is 6. The molecule has 0 bridgehead atoms. The monoisotopic (exact) mass is 840 g/mol. The van der Waals surface area contributed by atoms with Gasteiger partial charge in [-0.15, -0.1) is 0 Å². The third kappa shape index (κ3) is 6.34. The van der Waals surface area contributed by atoms with Gasteiger partial charge in [0.15, 0.2) is 5.82 Å². The fourth-order valence-corrected chi connectivity index (χ4v) is 9.49. The smallest absolute Gasteiger partial charge is 0.161 e. The summed E-state index contributed by atoms with van der Waals surface area (Å²) in [6.07, 6.45) is 1.85. The van der Waals surface area contributed by atoms with Crippen molar-refractivity contribution in [1.29, 1.82) is 0 Å². The minimum Gasteiger partial charge on any atom is -0.256 e. The summed E-state index contributed by atoms with van der Waals surface area (Å²) in [7, 11) is 0. The maximum atomic E-state index is 5.40. The van der Waals surface area contributed by atoms with Crippen LogP contribution < -0.4 is 0 Å². The number of fused-ring (bicyclic) bond motifs is 8. The number of para-hydroxylation sites is 2. The molecule has 0 atom stereocenters. The highest BCUT2D eigenvalue weighted by atomic mass is 14.9. The molecule has 66 heavy (non-hydrogen) atoms. The minimum absolute atomic E-state index is 0.676. The Kier molecular flexibility index (Phi) is 8.74. The topological polar surface area (TPSA) is 77.3 Å². The zero-order valence-electron chi connectivity index (χ0n) is 35.5. The zero-order valence-corrected chi connectivity index (χ0v) is 35.5. The van der Waals surface area contributed by atoms with Crippen LogP contribution in [0.3, 0.4) is 0 Å². The third-order valence-corrected chi connectivity index (χ3v) is 12.7. The Balaban J connectivity index is 0.905. The van der Waals surface area contributed by atoms with Crippen LogP contribution in [0.1, 0.15) is 0 Å². The molecule has 4 aromatic heterocycles. The summed E-state index contributed by atoms with van der Waals surface area (Å²) in [4.78, 5) is 30.9. The van der Waals surface area contributed by atoms with E-state index in [1.54, 1.807) is 0 Å². The van der Waals surface area contributed by atoms with Crippen LogP contribution in [0.2, 0.25) is 0 Å². The van der Waals surface area contributed by atoms with Crippen LogP contribution >= 0.6 is 0 Å². The van der Waals surface area contributed by atoms with Gasteiger partial charge in [0, 0.05) is 60.9 Å². The summed E-state index contributed by atoms with van der Waals surface area (Å²) in [5.41, 5.74) is 15.3. The van der Waals surface area contributed by atoms with Gasteiger partial charge in [-0.1, -0.05) is 170 Å². The SMILES string of the molecule is c1ccc(-c2nc3ccccc3nc2-c2ccc(-c3cc4ccc(-c5ccc6nc(-c7cccc8c7ccc7cccnc78)nc(-c7ccccc7)c6c5)nc4c4ccccc34)cc2)cc1. The van der Waals surface area contributed by atoms with Gasteiger partial charge < -0.3 is 0 Å². The Morgan fingerprint density at radius 1 is 0.273 bits per heavy atom. The number of pyridine rings is 2. The highest BCUT2D eigenvalue weighted by Crippen LogP contribution is 2.39. The van der Waals surface area contributed by atoms with Gasteiger partial charge in [0.1, 0.15) is 0 Å². The molecule has 0 aliphatic carbocycles. The van der Waals surface area contributed by atoms with Gasteiger partial charge in [0.2, 0.25) is 0 Å². The van der Waals surface area contributed by atoms with Crippen LogP contribution in [-0.4, -0.2) is 29.9 Å². The van der Waals surface area contributed by atoms with Crippen LogP contribution in [0.4, 0.5) is 0 Å². The molecule has 0 aliphatic rings. The number of hydrogen-bond donors (Lipinski definition) is 0. The maximum Gasteiger partial charge on any atom is 0.161 e. The predicted octanol–water partition coefficient (Wildman–Crippen LogP) is 15.0. The molecule has 4 heterocycles. The van der Waals surface area contributed by atoms with Gasteiger partial charge in [-0.2, -0.15) is 0 Å². The summed E-state index contributed by atoms with van der Waals surface area (Å²) in [5.74, 6) is 0.676. The zero-order chi connectivity index (χ0) is 43.6. The highest BCUT2D eigenvalue weighted by molar-refractivity contribution is 6.13. The van der Waals surface area contributed by atoms with Crippen LogP contribution in [0, 0.1) is 0 Å². The first-order valence-corrected chi connectivity index (χ1v) is 22.1. The molecule has 13 rings (SSSR count). The Morgan fingerprint density at radius 3 is 1.65 bits per heavy atom. The lowest BCUT2D eigenvalue weighted by Crippen LogP contribution is -1.97. The van der Waals surface area contributed by atoms with E-state index >= 15 is 0 Å². The molecule has 0 unspecified atom stereocenters. The van der Waals surface area contributed by atoms with E-state index in [-0.39, 0.29) is 0 Å². The fourth-order valence-electron chi connectivity index (χ4n) is 9.49. The molecule has 306 valence electrons. The van der Waals surface area contributed by atoms with Crippen molar-refractivity contribution in [3.8, 4) is 67.5 Å². The molecule has 13 aromatic rings. The van der Waals surface area contributed by atoms with E-state index in [1.807, 2.05) is 60.8 Å². The van der Waals surface area contributed by atoms with Crippen LogP contribution in [-0.2, 0) is 0 Å². The molecule has 6 nitrogen and oxygen atoms in total. The Bertz CT molecular complexity index is 4040. The van der Waals surface area contributed by atoms with E-state index in [2.05, 4.69) is 158 Å². The van der Waals surface area contributed by atoms with Gasteiger partial charge >= 0.3 is 0 Å². The van der Waals surface area contributed by atoms with Crippen molar-refractivity contribution in [2.75, 3.05) is 0 Å². The lowest BCUT2D eigenvalue weighted by Gasteiger charge is -2.14. The van der Waals surface area contributed by atoms with Crippen molar-refractivity contribution in [2.45, 2.75) is 0 Å². The van der Waals surface area contributed by atoms with Crippen LogP contribution in [0.15, 0.2) is 219 Å². The molecular weight excluding hydrogens is 805 g/mol. The molecule has 0 amide bonds. The fraction of sp³-hybridized carbons (Fsp3) is 0. The summed E-state index contributed by atoms with van der Waals surface area (Å²) >= 11 is 0. The standard InChI is InChI=1S/C60H36N6/c1-3-13-38(14-4-1)56-50-35-42(29-33-52(50)65-60(66-56)48-21-11-20-46-45(48)31-28-40-17-12-34-61-55(40)46)51-32-30-43-36-49(44-18-7-8-19-47(44)57(43)62-51)37-24-26-41(27-25-37)59-58(39-15-5-2-6-16-39)63-53-22-9-10-23-54(53)64-59/h1-36H. The van der Waals surface area contributed by atoms with Gasteiger partial charge in [-0.3, -0.25) is 4.98 Å². The van der Waals surface area contributed by atoms with Gasteiger partial charge in [0.25, 0.3) is 0 Å². The number of hydrogen-bond acceptors (Lipinski definition) is 6. The van der Waals surface area contributed by atoms with Crippen molar-refractivity contribution in [3.63, 3.8) is 0 Å². The van der Waals surface area contributed by atoms with Gasteiger partial charge in [-0.25, -0.2) is 24.9 Å². The summed E-state index contributed by atoms with van der Waals surface area (Å²) < 4.78 is 0. The molecule has 0 fully saturated rings. The molecule has 0 spiro atoms. The summed E-state index contributed by atoms with van der Waals surface area (Å²) in [6.45, 7) is 0. The maximum absolute atomic E-state index is 5.40. The summed E-state index contributed by atoms with van der Waals surface area (Å²) in [6, 6.07) is 73.7. The van der Waals surface area contributed by atoms with Crippen LogP contribution in [0.25, 0.3) is 133 Å². The van der Waals surface area contributed by atoms with E-state index < -0.39 is 0 Å². The molecule has 0 radical (unpaired) electrons. The van der Waals surface area contributed by atoms with E-state index in [0.717, 1.165) is 127 Å². The molecule has 0 saturated carbocycles. The van der Waals surface area contributed by atoms with Gasteiger partial charge in [0.05, 0.1) is 50.4 Å². The molecule has 0 aliphatic heterocycles. The minimum atomic E-state index is 0.676. The first kappa shape index (κ1) is 37.5. The first-order chi connectivity index (χ1) is 32.7. The lowest BCUT2D eigenvalue weighted by atomic mass is 9.93. The average molecular weight is 841 g/mol. The second-order valence-corrected chi connectivity index (χ2v) is 16.6. The number of aromatic nitrogens is 6. The normalized spacial score (nSPS) is 11.6. The third-order valence-electron chi connectivity index (χ3n) is 12.7. The quantitative estimate of drug-likeness (QED) is 0.155. The number of nitrogens with zero attached hydrogens (tertiary/aromatic N) is 6. The summed E-state index contributed by atoms with van der Waals surface area (Å²) in [5, 5.41) is 7.52. The van der Waals surface area contributed by atoms with Crippen molar-refractivity contribution in [3.05, 3.63) is 219 Å². The Hall–Kier alpha value is -9.00. The first-order valence-electron chi connectivity index (χ1n) is 22.1. The van der Waals surface area contributed by atoms with Crippen molar-refractivity contribution in [1.82, 2.24) is 29.9 Å². The van der Waals surface area contributed by atoms with E-state index in [4.69, 9.17) is 29.9 Å². The average Bonchev–Trinajstić information content (AvgIpc) is 3.40. The largest absolute Gasteiger partial charge is 0.256 e. The number of benzene rings is 9. The molecule has 0 saturated heterocycles. The van der Waals surface area contributed by atoms with Crippen molar-refractivity contribution < 1.29 is 0 Å². The van der Waals surface area contributed by atoms with Gasteiger partial charge in [-0.05, 0) is 64.4 Å². The molecule has 9 aromatic carbocycles. The van der Waals surface area contributed by atoms with E-state index in [1.165, 1.54) is 0 Å². The van der Waals surface area contributed by atoms with Crippen molar-refractivity contribution in [2.24, 2.45) is 0 Å². The molecule has 6 heteroatoms. The lowest BCUT2D eigenvalue weighted by molar-refractivity contribution is 1.23. The van der Waals surface area contributed by atoms with Crippen molar-refractivity contribution >= 4 is 65.3 Å². The predicted molar refractivity (Wildman–Crippen MR) is 271 cm³/mol.